The van der Waals surface area contributed by atoms with Gasteiger partial charge in [0, 0.05) is 24.3 Å². The number of nitrogens with two attached hydrogens (primary N) is 1. The van der Waals surface area contributed by atoms with Crippen LogP contribution >= 0.6 is 0 Å². The van der Waals surface area contributed by atoms with Crippen molar-refractivity contribution in [2.45, 2.75) is 113 Å². The number of hydrogen-bond acceptors (Lipinski definition) is 18. The Bertz CT molecular complexity index is 2870. The second kappa shape index (κ2) is 38.2. The molecule has 0 aromatic heterocycles. The average molecular weight is 1230 g/mol. The van der Waals surface area contributed by atoms with Gasteiger partial charge in [0.1, 0.15) is 42.3 Å². The third-order valence-corrected chi connectivity index (χ3v) is 12.0. The number of likely N-dealkylation sites (N-methyl/N-ethyl adjacent to an activating group) is 1. The maximum absolute atomic E-state index is 14.3. The first-order chi connectivity index (χ1) is 41.1. The molecule has 36 heteroatoms. The summed E-state index contributed by atoms with van der Waals surface area (Å²) in [4.78, 5) is 206. The van der Waals surface area contributed by atoms with Gasteiger partial charge in [-0.1, -0.05) is 72.2 Å². The van der Waals surface area contributed by atoms with Gasteiger partial charge in [0.2, 0.25) is 65.0 Å². The molecule has 0 fully saturated rings. The summed E-state index contributed by atoms with van der Waals surface area (Å²) >= 11 is 0. The van der Waals surface area contributed by atoms with Crippen molar-refractivity contribution < 1.29 is 102 Å². The molecule has 18 N–H and O–H groups in total. The van der Waals surface area contributed by atoms with Crippen LogP contribution in [0.25, 0.3) is 10.4 Å². The standard InChI is InChI=1S/C51H67N15O21/c1-54-29(18-39(70)71)46(82)63-32(19-40(72)73)45(81)57-24-37(68)55-23-36(67)56-25-38(69)59-33(20-41(74)75)49(85)64-35(22-43(78)79)51(87)65-34(21-42(76)77)50(86)62-31(17-27-12-6-3-7-13-27)48(84)61-30(16-26-10-4-2-5-11-26)47(83)60-28(44(52)80)14-8-9-15-58-66-53/h2-7,10-13,28-35,54H,8-9,14-25H2,1H3,(H2,52,80)(H,55,68)(H,56,67)(H,57,81)(H,59,69)(H,60,83)(H,61,84)(H,62,86)(H,63,82)(H,64,85)(H,65,87)(H,70,71)(H,72,73)(H,74,75)(H,76,77)(H,78,79). The normalized spacial score (nSPS) is 13.3. The van der Waals surface area contributed by atoms with Crippen molar-refractivity contribution in [3.63, 3.8) is 0 Å². The number of amides is 11. The minimum Gasteiger partial charge on any atom is -0.481 e. The van der Waals surface area contributed by atoms with Gasteiger partial charge >= 0.3 is 29.8 Å². The zero-order chi connectivity index (χ0) is 65.2. The van der Waals surface area contributed by atoms with Crippen molar-refractivity contribution in [3.05, 3.63) is 82.2 Å². The van der Waals surface area contributed by atoms with E-state index in [0.717, 1.165) is 0 Å². The van der Waals surface area contributed by atoms with E-state index in [1.165, 1.54) is 7.05 Å². The second-order valence-corrected chi connectivity index (χ2v) is 18.8. The first-order valence-corrected chi connectivity index (χ1v) is 26.2. The minimum absolute atomic E-state index is 0.0201. The van der Waals surface area contributed by atoms with Gasteiger partial charge in [-0.25, -0.2) is 0 Å². The molecule has 0 aliphatic carbocycles. The van der Waals surface area contributed by atoms with Gasteiger partial charge in [-0.2, -0.15) is 0 Å². The number of rotatable bonds is 41. The Kier molecular flexibility index (Phi) is 31.7. The lowest BCUT2D eigenvalue weighted by molar-refractivity contribution is -0.144. The molecule has 472 valence electrons. The summed E-state index contributed by atoms with van der Waals surface area (Å²) < 4.78 is 0. The molecule has 87 heavy (non-hydrogen) atoms. The van der Waals surface area contributed by atoms with Crippen LogP contribution in [0, 0.1) is 0 Å². The van der Waals surface area contributed by atoms with E-state index in [1.54, 1.807) is 60.7 Å². The number of carbonyl (C=O) groups excluding carboxylic acids is 11. The summed E-state index contributed by atoms with van der Waals surface area (Å²) in [5.41, 5.74) is 15.1. The maximum atomic E-state index is 14.3. The van der Waals surface area contributed by atoms with E-state index in [0.29, 0.717) is 17.5 Å². The molecule has 11 amide bonds. The van der Waals surface area contributed by atoms with E-state index in [1.807, 2.05) is 31.9 Å². The van der Waals surface area contributed by atoms with Crippen LogP contribution in [0.5, 0.6) is 0 Å². The molecule has 0 saturated heterocycles. The molecule has 0 heterocycles. The van der Waals surface area contributed by atoms with Gasteiger partial charge in [-0.15, -0.1) is 0 Å². The van der Waals surface area contributed by atoms with Crippen molar-refractivity contribution in [3.8, 4) is 0 Å². The van der Waals surface area contributed by atoms with Crippen LogP contribution < -0.4 is 64.2 Å². The molecule has 0 aliphatic rings. The number of unbranched alkanes of at least 4 members (excludes halogenated alkanes) is 1. The topological polar surface area (TPSA) is 581 Å². The van der Waals surface area contributed by atoms with Crippen LogP contribution in [0.2, 0.25) is 0 Å². The average Bonchev–Trinajstić information content (AvgIpc) is 3.49. The molecule has 0 spiro atoms. The number of carboxylic acid groups (broad SMARTS) is 5. The Morgan fingerprint density at radius 2 is 0.747 bits per heavy atom. The summed E-state index contributed by atoms with van der Waals surface area (Å²) in [6, 6.07) is 2.04. The highest BCUT2D eigenvalue weighted by molar-refractivity contribution is 6.00. The molecule has 0 bridgehead atoms. The smallest absolute Gasteiger partial charge is 0.305 e. The van der Waals surface area contributed by atoms with E-state index in [-0.39, 0.29) is 32.2 Å². The SMILES string of the molecule is CNC(CC(=O)O)C(=O)NC(CC(=O)O)C(=O)NCC(=O)NCC(=O)NCC(=O)NC(CC(=O)O)C(=O)NC(CC(=O)O)C(=O)NC(CC(=O)O)C(=O)NC(Cc1ccccc1)C(=O)NC(Cc1ccccc1)C(=O)NC(CCCCN=[N+]=[N-])C(N)=O. The lowest BCUT2D eigenvalue weighted by Crippen LogP contribution is -2.60. The molecule has 2 aromatic carbocycles. The predicted octanol–water partition coefficient (Wildman–Crippen LogP) is -5.86. The largest absolute Gasteiger partial charge is 0.481 e. The fourth-order valence-electron chi connectivity index (χ4n) is 7.67. The Labute approximate surface area is 493 Å². The lowest BCUT2D eigenvalue weighted by atomic mass is 10.0. The number of primary amides is 1. The van der Waals surface area contributed by atoms with Gasteiger partial charge < -0.3 is 89.8 Å². The van der Waals surface area contributed by atoms with Crippen LogP contribution in [0.15, 0.2) is 65.8 Å². The molecule has 0 aliphatic heterocycles. The molecule has 8 atom stereocenters. The summed E-state index contributed by atoms with van der Waals surface area (Å²) in [5.74, 6) is -21.2. The number of benzene rings is 2. The monoisotopic (exact) mass is 1230 g/mol. The van der Waals surface area contributed by atoms with Gasteiger partial charge in [0.15, 0.2) is 0 Å². The fraction of sp³-hybridized carbons (Fsp3) is 0.451. The molecule has 2 rings (SSSR count). The zero-order valence-electron chi connectivity index (χ0n) is 46.5. The first-order valence-electron chi connectivity index (χ1n) is 26.2. The predicted molar refractivity (Wildman–Crippen MR) is 294 cm³/mol. The number of hydrogen-bond donors (Lipinski definition) is 17. The van der Waals surface area contributed by atoms with E-state index in [9.17, 15) is 97.1 Å². The molecule has 8 unspecified atom stereocenters. The second-order valence-electron chi connectivity index (χ2n) is 18.8. The molecule has 36 nitrogen and oxygen atoms in total. The van der Waals surface area contributed by atoms with E-state index < -0.39 is 195 Å². The number of azide groups is 1. The highest BCUT2D eigenvalue weighted by Crippen LogP contribution is 2.11. The lowest BCUT2D eigenvalue weighted by Gasteiger charge is -2.27. The molecule has 0 radical (unpaired) electrons. The van der Waals surface area contributed by atoms with Crippen LogP contribution in [-0.4, -0.2) is 202 Å². The number of aliphatic carboxylic acids is 5. The number of nitrogens with zero attached hydrogens (tertiary/aromatic N) is 3. The number of nitrogens with one attached hydrogen (secondary N) is 11. The summed E-state index contributed by atoms with van der Waals surface area (Å²) in [6.45, 7) is -2.71. The Balaban J connectivity index is 2.25. The minimum atomic E-state index is -2.24. The summed E-state index contributed by atoms with van der Waals surface area (Å²) in [6.07, 6.45) is -5.38. The van der Waals surface area contributed by atoms with Crippen molar-refractivity contribution in [2.75, 3.05) is 33.2 Å². The van der Waals surface area contributed by atoms with Gasteiger partial charge in [0.25, 0.3) is 0 Å². The third kappa shape index (κ3) is 29.4. The molecule has 2 aromatic rings. The van der Waals surface area contributed by atoms with E-state index in [4.69, 9.17) is 16.4 Å². The van der Waals surface area contributed by atoms with Crippen LogP contribution in [0.1, 0.15) is 62.5 Å². The van der Waals surface area contributed by atoms with Gasteiger partial charge in [-0.05, 0) is 36.5 Å². The Morgan fingerprint density at radius 3 is 1.13 bits per heavy atom. The Morgan fingerprint density at radius 1 is 0.425 bits per heavy atom. The van der Waals surface area contributed by atoms with Crippen molar-refractivity contribution in [2.24, 2.45) is 10.8 Å². The van der Waals surface area contributed by atoms with Gasteiger partial charge in [0.05, 0.1) is 57.8 Å². The van der Waals surface area contributed by atoms with Crippen molar-refractivity contribution >= 4 is 94.8 Å². The highest BCUT2D eigenvalue weighted by atomic mass is 16.4. The quantitative estimate of drug-likeness (QED) is 0.0128. The van der Waals surface area contributed by atoms with Crippen molar-refractivity contribution in [1.82, 2.24) is 58.5 Å². The number of carboxylic acids is 5. The Hall–Kier alpha value is -10.8. The van der Waals surface area contributed by atoms with Crippen LogP contribution in [-0.2, 0) is 89.6 Å². The van der Waals surface area contributed by atoms with Crippen molar-refractivity contribution in [1.29, 1.82) is 0 Å². The van der Waals surface area contributed by atoms with Crippen LogP contribution in [0.4, 0.5) is 0 Å². The zero-order valence-corrected chi connectivity index (χ0v) is 46.5. The first kappa shape index (κ1) is 72.3. The molecular formula is C51H67N15O21. The van der Waals surface area contributed by atoms with E-state index >= 15 is 0 Å². The van der Waals surface area contributed by atoms with E-state index in [2.05, 4.69) is 36.6 Å². The maximum Gasteiger partial charge on any atom is 0.305 e. The fourth-order valence-corrected chi connectivity index (χ4v) is 7.67. The van der Waals surface area contributed by atoms with Gasteiger partial charge in [-0.3, -0.25) is 76.7 Å². The number of carbonyl (C=O) groups is 16. The third-order valence-electron chi connectivity index (χ3n) is 12.0. The summed E-state index contributed by atoms with van der Waals surface area (Å²) in [5, 5.41) is 74.4. The molecule has 0 saturated carbocycles. The van der Waals surface area contributed by atoms with Crippen LogP contribution in [0.3, 0.4) is 0 Å². The summed E-state index contributed by atoms with van der Waals surface area (Å²) in [7, 11) is 1.23. The highest BCUT2D eigenvalue weighted by Gasteiger charge is 2.36. The molecular weight excluding hydrogens is 1160 g/mol.